The average Bonchev–Trinajstić information content (AvgIpc) is 2.24. The van der Waals surface area contributed by atoms with E-state index in [1.807, 2.05) is 6.92 Å². The van der Waals surface area contributed by atoms with Gasteiger partial charge in [-0.1, -0.05) is 27.7 Å². The molecule has 108 valence electrons. The van der Waals surface area contributed by atoms with Crippen molar-refractivity contribution in [2.75, 3.05) is 6.54 Å². The molecule has 1 aromatic carbocycles. The van der Waals surface area contributed by atoms with Gasteiger partial charge in [0.2, 0.25) is 10.0 Å². The van der Waals surface area contributed by atoms with E-state index >= 15 is 0 Å². The van der Waals surface area contributed by atoms with Crippen LogP contribution in [0.2, 0.25) is 0 Å². The van der Waals surface area contributed by atoms with Crippen LogP contribution in [0.4, 0.5) is 4.39 Å². The summed E-state index contributed by atoms with van der Waals surface area (Å²) < 4.78 is 40.0. The van der Waals surface area contributed by atoms with Gasteiger partial charge in [-0.3, -0.25) is 0 Å². The Hall–Kier alpha value is -0.460. The summed E-state index contributed by atoms with van der Waals surface area (Å²) in [5, 5.41) is 0. The maximum atomic E-state index is 13.0. The molecule has 0 saturated heterocycles. The summed E-state index contributed by atoms with van der Waals surface area (Å²) in [6, 6.07) is 3.53. The Morgan fingerprint density at radius 1 is 1.37 bits per heavy atom. The van der Waals surface area contributed by atoms with Crippen LogP contribution in [0, 0.1) is 17.2 Å². The first-order chi connectivity index (χ1) is 8.54. The fraction of sp³-hybridized carbons (Fsp3) is 0.538. The number of sulfonamides is 1. The van der Waals surface area contributed by atoms with E-state index in [0.717, 1.165) is 12.1 Å². The molecule has 1 rings (SSSR count). The Morgan fingerprint density at radius 3 is 2.42 bits per heavy atom. The van der Waals surface area contributed by atoms with Crippen LogP contribution in [0.3, 0.4) is 0 Å². The van der Waals surface area contributed by atoms with Gasteiger partial charge in [0.15, 0.2) is 0 Å². The third-order valence-corrected chi connectivity index (χ3v) is 5.64. The zero-order valence-corrected chi connectivity index (χ0v) is 13.9. The fourth-order valence-corrected chi connectivity index (χ4v) is 3.49. The standard InChI is InChI=1S/C13H19BrFNO2S/c1-9(13(2,3)4)8-16-19(17,18)12-6-5-10(15)7-11(12)14/h5-7,9,16H,8H2,1-4H3. The fourth-order valence-electron chi connectivity index (χ4n) is 1.31. The molecular formula is C13H19BrFNO2S. The van der Waals surface area contributed by atoms with Gasteiger partial charge < -0.3 is 0 Å². The van der Waals surface area contributed by atoms with Crippen LogP contribution >= 0.6 is 15.9 Å². The molecule has 0 aliphatic rings. The number of benzene rings is 1. The van der Waals surface area contributed by atoms with E-state index in [4.69, 9.17) is 0 Å². The van der Waals surface area contributed by atoms with Gasteiger partial charge >= 0.3 is 0 Å². The molecule has 0 fully saturated rings. The van der Waals surface area contributed by atoms with Crippen LogP contribution in [0.5, 0.6) is 0 Å². The molecule has 0 amide bonds. The Labute approximate surface area is 122 Å². The summed E-state index contributed by atoms with van der Waals surface area (Å²) in [6.45, 7) is 8.50. The topological polar surface area (TPSA) is 46.2 Å². The van der Waals surface area contributed by atoms with Crippen molar-refractivity contribution in [3.8, 4) is 0 Å². The smallest absolute Gasteiger partial charge is 0.211 e. The van der Waals surface area contributed by atoms with Gasteiger partial charge in [-0.05, 0) is 45.5 Å². The minimum Gasteiger partial charge on any atom is -0.211 e. The van der Waals surface area contributed by atoms with Gasteiger partial charge in [0, 0.05) is 11.0 Å². The Kier molecular flexibility index (Phi) is 5.15. The minimum atomic E-state index is -3.63. The molecule has 3 nitrogen and oxygen atoms in total. The summed E-state index contributed by atoms with van der Waals surface area (Å²) in [7, 11) is -3.63. The van der Waals surface area contributed by atoms with E-state index in [1.54, 1.807) is 0 Å². The Balaban J connectivity index is 2.88. The van der Waals surface area contributed by atoms with Gasteiger partial charge in [0.25, 0.3) is 0 Å². The van der Waals surface area contributed by atoms with Crippen molar-refractivity contribution in [2.24, 2.45) is 11.3 Å². The summed E-state index contributed by atoms with van der Waals surface area (Å²) in [5.74, 6) is -0.296. The number of nitrogens with one attached hydrogen (secondary N) is 1. The molecule has 0 heterocycles. The van der Waals surface area contributed by atoms with E-state index in [0.29, 0.717) is 6.54 Å². The van der Waals surface area contributed by atoms with Crippen LogP contribution in [-0.4, -0.2) is 15.0 Å². The van der Waals surface area contributed by atoms with Crippen LogP contribution in [-0.2, 0) is 10.0 Å². The second kappa shape index (κ2) is 5.89. The Morgan fingerprint density at radius 2 is 1.95 bits per heavy atom. The highest BCUT2D eigenvalue weighted by molar-refractivity contribution is 9.10. The molecule has 0 aromatic heterocycles. The largest absolute Gasteiger partial charge is 0.241 e. The number of rotatable bonds is 4. The normalized spacial score (nSPS) is 14.4. The zero-order chi connectivity index (χ0) is 14.8. The van der Waals surface area contributed by atoms with E-state index in [1.165, 1.54) is 6.07 Å². The summed E-state index contributed by atoms with van der Waals surface area (Å²) in [5.41, 5.74) is 0.0164. The van der Waals surface area contributed by atoms with Crippen molar-refractivity contribution < 1.29 is 12.8 Å². The van der Waals surface area contributed by atoms with Crippen molar-refractivity contribution in [1.29, 1.82) is 0 Å². The number of hydrogen-bond donors (Lipinski definition) is 1. The number of halogens is 2. The lowest BCUT2D eigenvalue weighted by Crippen LogP contribution is -2.33. The molecule has 1 aromatic rings. The summed E-state index contributed by atoms with van der Waals surface area (Å²) >= 11 is 3.07. The average molecular weight is 352 g/mol. The highest BCUT2D eigenvalue weighted by Crippen LogP contribution is 2.26. The predicted molar refractivity (Wildman–Crippen MR) is 77.9 cm³/mol. The third-order valence-electron chi connectivity index (χ3n) is 3.24. The molecule has 6 heteroatoms. The van der Waals surface area contributed by atoms with Gasteiger partial charge in [-0.2, -0.15) is 0 Å². The first kappa shape index (κ1) is 16.6. The van der Waals surface area contributed by atoms with Crippen molar-refractivity contribution >= 4 is 26.0 Å². The van der Waals surface area contributed by atoms with Gasteiger partial charge in [-0.25, -0.2) is 17.5 Å². The zero-order valence-electron chi connectivity index (χ0n) is 11.5. The number of hydrogen-bond acceptors (Lipinski definition) is 2. The monoisotopic (exact) mass is 351 g/mol. The molecule has 0 radical (unpaired) electrons. The van der Waals surface area contributed by atoms with Crippen LogP contribution in [0.25, 0.3) is 0 Å². The third kappa shape index (κ3) is 4.54. The second-order valence-corrected chi connectivity index (χ2v) is 8.28. The molecule has 1 atom stereocenters. The van der Waals surface area contributed by atoms with Gasteiger partial charge in [0.05, 0.1) is 4.90 Å². The molecule has 0 saturated carbocycles. The first-order valence-corrected chi connectivity index (χ1v) is 8.26. The molecule has 0 aliphatic carbocycles. The quantitative estimate of drug-likeness (QED) is 0.901. The Bertz CT molecular complexity index is 552. The highest BCUT2D eigenvalue weighted by atomic mass is 79.9. The van der Waals surface area contributed by atoms with Crippen molar-refractivity contribution in [1.82, 2.24) is 4.72 Å². The second-order valence-electron chi connectivity index (χ2n) is 5.69. The van der Waals surface area contributed by atoms with Crippen LogP contribution in [0.15, 0.2) is 27.6 Å². The van der Waals surface area contributed by atoms with E-state index < -0.39 is 15.8 Å². The van der Waals surface area contributed by atoms with Crippen LogP contribution < -0.4 is 4.72 Å². The molecule has 0 spiro atoms. The molecular weight excluding hydrogens is 333 g/mol. The lowest BCUT2D eigenvalue weighted by Gasteiger charge is -2.27. The lowest BCUT2D eigenvalue weighted by atomic mass is 9.82. The van der Waals surface area contributed by atoms with E-state index in [-0.39, 0.29) is 20.7 Å². The van der Waals surface area contributed by atoms with Crippen molar-refractivity contribution in [3.05, 3.63) is 28.5 Å². The SMILES string of the molecule is CC(CNS(=O)(=O)c1ccc(F)cc1Br)C(C)(C)C. The molecule has 19 heavy (non-hydrogen) atoms. The molecule has 0 bridgehead atoms. The molecule has 1 unspecified atom stereocenters. The predicted octanol–water partition coefficient (Wildman–Crippen LogP) is 3.55. The molecule has 1 N–H and O–H groups in total. The van der Waals surface area contributed by atoms with E-state index in [9.17, 15) is 12.8 Å². The summed E-state index contributed by atoms with van der Waals surface area (Å²) in [4.78, 5) is 0.0509. The van der Waals surface area contributed by atoms with Gasteiger partial charge in [-0.15, -0.1) is 0 Å². The van der Waals surface area contributed by atoms with Crippen molar-refractivity contribution in [3.63, 3.8) is 0 Å². The van der Waals surface area contributed by atoms with Crippen LogP contribution in [0.1, 0.15) is 27.7 Å². The van der Waals surface area contributed by atoms with Gasteiger partial charge in [0.1, 0.15) is 5.82 Å². The molecule has 0 aliphatic heterocycles. The van der Waals surface area contributed by atoms with Crippen molar-refractivity contribution in [2.45, 2.75) is 32.6 Å². The minimum absolute atomic E-state index is 0.0164. The highest BCUT2D eigenvalue weighted by Gasteiger charge is 2.24. The summed E-state index contributed by atoms with van der Waals surface area (Å²) in [6.07, 6.45) is 0. The maximum absolute atomic E-state index is 13.0. The maximum Gasteiger partial charge on any atom is 0.241 e. The first-order valence-electron chi connectivity index (χ1n) is 5.99. The lowest BCUT2D eigenvalue weighted by molar-refractivity contribution is 0.263. The van der Waals surface area contributed by atoms with E-state index in [2.05, 4.69) is 41.4 Å².